The molecule has 1 aliphatic rings. The van der Waals surface area contributed by atoms with Gasteiger partial charge in [-0.1, -0.05) is 218 Å². The van der Waals surface area contributed by atoms with Crippen molar-refractivity contribution in [1.82, 2.24) is 0 Å². The van der Waals surface area contributed by atoms with Crippen LogP contribution in [0.3, 0.4) is 0 Å². The van der Waals surface area contributed by atoms with E-state index in [-0.39, 0.29) is 23.1 Å². The average molecular weight is 807 g/mol. The lowest BCUT2D eigenvalue weighted by Gasteiger charge is -2.30. The topological polar surface area (TPSA) is 88.5 Å². The van der Waals surface area contributed by atoms with E-state index in [1.54, 1.807) is 12.1 Å². The summed E-state index contributed by atoms with van der Waals surface area (Å²) in [6, 6.07) is 58.2. The van der Waals surface area contributed by atoms with Gasteiger partial charge in [0.1, 0.15) is 5.60 Å². The average Bonchev–Trinajstić information content (AvgIpc) is 3.30. The molecular weight excluding hydrogens is 753 g/mol. The van der Waals surface area contributed by atoms with Crippen molar-refractivity contribution >= 4 is 23.1 Å². The summed E-state index contributed by atoms with van der Waals surface area (Å²) in [5, 5.41) is 10.2. The first-order chi connectivity index (χ1) is 29.5. The summed E-state index contributed by atoms with van der Waals surface area (Å²) < 4.78 is 0. The Morgan fingerprint density at radius 2 is 0.689 bits per heavy atom. The predicted octanol–water partition coefficient (Wildman–Crippen LogP) is 12.6. The first kappa shape index (κ1) is 45.3. The number of carbonyl (C=O) groups excluding carboxylic acids is 4. The molecule has 0 aromatic heterocycles. The van der Waals surface area contributed by atoms with Crippen LogP contribution in [0.25, 0.3) is 0 Å². The van der Waals surface area contributed by atoms with Crippen LogP contribution in [0, 0.1) is 27.7 Å². The number of hydrogen-bond acceptors (Lipinski definition) is 5. The van der Waals surface area contributed by atoms with Crippen LogP contribution < -0.4 is 0 Å². The second-order valence-electron chi connectivity index (χ2n) is 15.4. The maximum atomic E-state index is 12.4. The standard InChI is InChI=1S/C16H16O.C14H12O.C13H16O2.C13H10O/c1-11-9-12(2)15(13(3)10-11)16(17)14-7-5-4-6-8-14;1-11-7-9-13(10-8-11)14(15)12-5-3-2-4-6-12;14-12(11-7-3-1-4-8-11)13(15)9-5-2-6-10-13;14-13(11-7-3-1-4-8-11)12-9-5-2-6-10-12/h4-10H,1-3H3;2-10H,1H3;1,3-4,7-8,15H,2,5-6,9-10H2;1-10H. The van der Waals surface area contributed by atoms with Gasteiger partial charge in [-0.3, -0.25) is 19.2 Å². The van der Waals surface area contributed by atoms with Gasteiger partial charge in [-0.05, 0) is 51.7 Å². The monoisotopic (exact) mass is 806 g/mol. The molecule has 1 aliphatic carbocycles. The third-order valence-corrected chi connectivity index (χ3v) is 10.5. The molecule has 1 N–H and O–H groups in total. The molecule has 5 nitrogen and oxygen atoms in total. The molecule has 7 aromatic carbocycles. The van der Waals surface area contributed by atoms with E-state index >= 15 is 0 Å². The lowest BCUT2D eigenvalue weighted by molar-refractivity contribution is 0.0116. The molecule has 308 valence electrons. The minimum absolute atomic E-state index is 0.0752. The van der Waals surface area contributed by atoms with Crippen molar-refractivity contribution in [1.29, 1.82) is 0 Å². The van der Waals surface area contributed by atoms with E-state index in [0.717, 1.165) is 63.8 Å². The molecule has 0 spiro atoms. The number of rotatable bonds is 8. The molecule has 1 fully saturated rings. The van der Waals surface area contributed by atoms with Crippen LogP contribution in [0.2, 0.25) is 0 Å². The molecule has 5 heteroatoms. The maximum absolute atomic E-state index is 12.4. The molecule has 0 heterocycles. The van der Waals surface area contributed by atoms with Gasteiger partial charge in [0.25, 0.3) is 0 Å². The first-order valence-electron chi connectivity index (χ1n) is 20.8. The lowest BCUT2D eigenvalue weighted by atomic mass is 9.79. The van der Waals surface area contributed by atoms with Gasteiger partial charge in [0.05, 0.1) is 0 Å². The lowest BCUT2D eigenvalue weighted by Crippen LogP contribution is -2.40. The van der Waals surface area contributed by atoms with Gasteiger partial charge in [-0.2, -0.15) is 0 Å². The molecular formula is C56H54O5. The Labute approximate surface area is 360 Å². The smallest absolute Gasteiger partial charge is 0.194 e. The van der Waals surface area contributed by atoms with E-state index < -0.39 is 5.60 Å². The van der Waals surface area contributed by atoms with Gasteiger partial charge in [-0.15, -0.1) is 0 Å². The van der Waals surface area contributed by atoms with Crippen molar-refractivity contribution in [3.8, 4) is 0 Å². The van der Waals surface area contributed by atoms with Crippen LogP contribution in [0.5, 0.6) is 0 Å². The van der Waals surface area contributed by atoms with E-state index in [1.165, 1.54) is 11.1 Å². The summed E-state index contributed by atoms with van der Waals surface area (Å²) in [6.45, 7) is 8.06. The van der Waals surface area contributed by atoms with E-state index in [4.69, 9.17) is 0 Å². The van der Waals surface area contributed by atoms with Crippen molar-refractivity contribution in [3.05, 3.63) is 249 Å². The fourth-order valence-electron chi connectivity index (χ4n) is 7.30. The van der Waals surface area contributed by atoms with Gasteiger partial charge in [0.2, 0.25) is 0 Å². The number of Topliss-reactive ketones (excluding diaryl/α,β-unsaturated/α-hetero) is 1. The molecule has 0 aliphatic heterocycles. The first-order valence-corrected chi connectivity index (χ1v) is 20.8. The minimum Gasteiger partial charge on any atom is -0.382 e. The van der Waals surface area contributed by atoms with Gasteiger partial charge in [0, 0.05) is 38.9 Å². The van der Waals surface area contributed by atoms with Gasteiger partial charge in [-0.25, -0.2) is 0 Å². The van der Waals surface area contributed by atoms with Crippen LogP contribution >= 0.6 is 0 Å². The van der Waals surface area contributed by atoms with Crippen LogP contribution in [0.4, 0.5) is 0 Å². The minimum atomic E-state index is -1.10. The Hall–Kier alpha value is -6.82. The Balaban J connectivity index is 0.000000154. The van der Waals surface area contributed by atoms with E-state index in [0.29, 0.717) is 18.4 Å². The molecule has 61 heavy (non-hydrogen) atoms. The Bertz CT molecular complexity index is 2410. The zero-order valence-electron chi connectivity index (χ0n) is 35.5. The fraction of sp³-hybridized carbons (Fsp3) is 0.179. The zero-order chi connectivity index (χ0) is 43.6. The van der Waals surface area contributed by atoms with Crippen molar-refractivity contribution < 1.29 is 24.3 Å². The quantitative estimate of drug-likeness (QED) is 0.155. The molecule has 0 bridgehead atoms. The van der Waals surface area contributed by atoms with Crippen molar-refractivity contribution in [2.24, 2.45) is 0 Å². The summed E-state index contributed by atoms with van der Waals surface area (Å²) >= 11 is 0. The normalized spacial score (nSPS) is 12.4. The highest BCUT2D eigenvalue weighted by Crippen LogP contribution is 2.31. The van der Waals surface area contributed by atoms with E-state index in [2.05, 4.69) is 19.1 Å². The van der Waals surface area contributed by atoms with Gasteiger partial charge >= 0.3 is 0 Å². The zero-order valence-corrected chi connectivity index (χ0v) is 35.5. The van der Waals surface area contributed by atoms with Crippen LogP contribution in [0.1, 0.15) is 112 Å². The molecule has 8 rings (SSSR count). The molecule has 0 radical (unpaired) electrons. The Morgan fingerprint density at radius 1 is 0.377 bits per heavy atom. The van der Waals surface area contributed by atoms with E-state index in [9.17, 15) is 24.3 Å². The summed E-state index contributed by atoms with van der Waals surface area (Å²) in [5.74, 6) is 0.158. The SMILES string of the molecule is Cc1cc(C)c(C(=O)c2ccccc2)c(C)c1.Cc1ccc(C(=O)c2ccccc2)cc1.O=C(c1ccccc1)C1(O)CCCCC1.O=C(c1ccccc1)c1ccccc1. The third kappa shape index (κ3) is 13.1. The number of hydrogen-bond donors (Lipinski definition) is 1. The molecule has 7 aromatic rings. The predicted molar refractivity (Wildman–Crippen MR) is 247 cm³/mol. The largest absolute Gasteiger partial charge is 0.382 e. The number of aryl methyl sites for hydroxylation is 4. The van der Waals surface area contributed by atoms with Gasteiger partial charge < -0.3 is 5.11 Å². The fourth-order valence-corrected chi connectivity index (χ4v) is 7.30. The Morgan fingerprint density at radius 3 is 1.05 bits per heavy atom. The van der Waals surface area contributed by atoms with Crippen molar-refractivity contribution in [3.63, 3.8) is 0 Å². The van der Waals surface area contributed by atoms with Crippen LogP contribution in [0.15, 0.2) is 188 Å². The summed E-state index contributed by atoms with van der Waals surface area (Å²) in [5.41, 5.74) is 8.54. The van der Waals surface area contributed by atoms with E-state index in [1.807, 2.05) is 185 Å². The highest BCUT2D eigenvalue weighted by atomic mass is 16.3. The van der Waals surface area contributed by atoms with Crippen molar-refractivity contribution in [2.75, 3.05) is 0 Å². The number of benzene rings is 7. The molecule has 0 amide bonds. The summed E-state index contributed by atoms with van der Waals surface area (Å²) in [4.78, 5) is 48.3. The molecule has 0 atom stereocenters. The number of ketones is 4. The second-order valence-corrected chi connectivity index (χ2v) is 15.4. The number of aliphatic hydroxyl groups is 1. The Kier molecular flexibility index (Phi) is 16.7. The summed E-state index contributed by atoms with van der Waals surface area (Å²) in [6.07, 6.45) is 4.26. The molecule has 0 unspecified atom stereocenters. The third-order valence-electron chi connectivity index (χ3n) is 10.5. The van der Waals surface area contributed by atoms with Crippen molar-refractivity contribution in [2.45, 2.75) is 65.4 Å². The highest BCUT2D eigenvalue weighted by molar-refractivity contribution is 6.11. The molecule has 1 saturated carbocycles. The maximum Gasteiger partial charge on any atom is 0.194 e. The van der Waals surface area contributed by atoms with Gasteiger partial charge in [0.15, 0.2) is 23.1 Å². The number of carbonyl (C=O) groups is 4. The van der Waals surface area contributed by atoms with Crippen LogP contribution in [-0.2, 0) is 0 Å². The highest BCUT2D eigenvalue weighted by Gasteiger charge is 2.37. The summed E-state index contributed by atoms with van der Waals surface area (Å²) in [7, 11) is 0. The molecule has 0 saturated heterocycles. The van der Waals surface area contributed by atoms with Crippen LogP contribution in [-0.4, -0.2) is 33.8 Å². The second kappa shape index (κ2) is 22.5.